The average Bonchev–Trinajstić information content (AvgIpc) is 2.40. The van der Waals surface area contributed by atoms with Gasteiger partial charge in [0.25, 0.3) is 0 Å². The molecule has 100 valence electrons. The molecule has 0 saturated carbocycles. The number of hydrogen-bond donors (Lipinski definition) is 0. The Morgan fingerprint density at radius 2 is 2.00 bits per heavy atom. The zero-order valence-corrected chi connectivity index (χ0v) is 11.8. The second-order valence-corrected chi connectivity index (χ2v) is 5.82. The average molecular weight is 268 g/mol. The normalized spacial score (nSPS) is 18.8. The van der Waals surface area contributed by atoms with Crippen LogP contribution < -0.4 is 0 Å². The summed E-state index contributed by atoms with van der Waals surface area (Å²) in [6.07, 6.45) is 1.62. The molecule has 1 aliphatic rings. The minimum absolute atomic E-state index is 0.206. The van der Waals surface area contributed by atoms with Crippen molar-refractivity contribution in [2.24, 2.45) is 11.8 Å². The lowest BCUT2D eigenvalue weighted by Crippen LogP contribution is -2.44. The Bertz CT molecular complexity index is 345. The summed E-state index contributed by atoms with van der Waals surface area (Å²) >= 11 is 1.80. The standard InChI is InChI=1S/C13H20N2O2S/c1-3-4-10(2)12(16)11(9-14)13(17)15-5-7-18-8-6-15/h10-11H,3-8H2,1-2H3/t10-,11+/m0/s1. The molecule has 0 aromatic carbocycles. The Morgan fingerprint density at radius 1 is 1.39 bits per heavy atom. The van der Waals surface area contributed by atoms with Gasteiger partial charge in [0.15, 0.2) is 11.7 Å². The molecule has 0 unspecified atom stereocenters. The summed E-state index contributed by atoms with van der Waals surface area (Å²) in [7, 11) is 0. The van der Waals surface area contributed by atoms with Gasteiger partial charge in [-0.25, -0.2) is 0 Å². The van der Waals surface area contributed by atoms with Crippen molar-refractivity contribution in [3.8, 4) is 6.07 Å². The van der Waals surface area contributed by atoms with Crippen LogP contribution in [0.1, 0.15) is 26.7 Å². The van der Waals surface area contributed by atoms with E-state index in [1.54, 1.807) is 23.6 Å². The van der Waals surface area contributed by atoms with E-state index in [1.807, 2.05) is 13.0 Å². The van der Waals surface area contributed by atoms with E-state index in [4.69, 9.17) is 5.26 Å². The van der Waals surface area contributed by atoms with Crippen LogP contribution in [0.15, 0.2) is 0 Å². The molecule has 18 heavy (non-hydrogen) atoms. The van der Waals surface area contributed by atoms with Gasteiger partial charge in [-0.15, -0.1) is 0 Å². The fraction of sp³-hybridized carbons (Fsp3) is 0.769. The molecule has 1 fully saturated rings. The zero-order valence-electron chi connectivity index (χ0n) is 11.0. The molecule has 1 amide bonds. The molecule has 2 atom stereocenters. The summed E-state index contributed by atoms with van der Waals surface area (Å²) in [5.41, 5.74) is 0. The van der Waals surface area contributed by atoms with Crippen LogP contribution >= 0.6 is 11.8 Å². The van der Waals surface area contributed by atoms with Crippen molar-refractivity contribution in [2.75, 3.05) is 24.6 Å². The quantitative estimate of drug-likeness (QED) is 0.712. The van der Waals surface area contributed by atoms with Crippen molar-refractivity contribution in [2.45, 2.75) is 26.7 Å². The van der Waals surface area contributed by atoms with E-state index in [0.717, 1.165) is 24.3 Å². The number of hydrogen-bond acceptors (Lipinski definition) is 4. The highest BCUT2D eigenvalue weighted by molar-refractivity contribution is 7.99. The van der Waals surface area contributed by atoms with Gasteiger partial charge in [-0.1, -0.05) is 20.3 Å². The summed E-state index contributed by atoms with van der Waals surface area (Å²) in [6.45, 7) is 5.10. The molecule has 1 rings (SSSR count). The number of amides is 1. The summed E-state index contributed by atoms with van der Waals surface area (Å²) in [5, 5.41) is 9.09. The lowest BCUT2D eigenvalue weighted by molar-refractivity contribution is -0.140. The van der Waals surface area contributed by atoms with Gasteiger partial charge in [-0.05, 0) is 6.42 Å². The van der Waals surface area contributed by atoms with Gasteiger partial charge in [0.05, 0.1) is 6.07 Å². The molecule has 5 heteroatoms. The van der Waals surface area contributed by atoms with Crippen LogP contribution in [-0.2, 0) is 9.59 Å². The first-order valence-electron chi connectivity index (χ1n) is 6.41. The van der Waals surface area contributed by atoms with E-state index in [9.17, 15) is 9.59 Å². The van der Waals surface area contributed by atoms with Crippen LogP contribution in [0.25, 0.3) is 0 Å². The van der Waals surface area contributed by atoms with E-state index in [-0.39, 0.29) is 17.6 Å². The zero-order chi connectivity index (χ0) is 13.5. The van der Waals surface area contributed by atoms with Gasteiger partial charge in [-0.2, -0.15) is 17.0 Å². The van der Waals surface area contributed by atoms with E-state index in [1.165, 1.54) is 0 Å². The SMILES string of the molecule is CCC[C@H](C)C(=O)[C@@H](C#N)C(=O)N1CCSCC1. The molecule has 1 saturated heterocycles. The van der Waals surface area contributed by atoms with Crippen LogP contribution in [0.3, 0.4) is 0 Å². The summed E-state index contributed by atoms with van der Waals surface area (Å²) in [4.78, 5) is 25.9. The molecule has 0 N–H and O–H groups in total. The van der Waals surface area contributed by atoms with Gasteiger partial charge in [-0.3, -0.25) is 9.59 Å². The summed E-state index contributed by atoms with van der Waals surface area (Å²) in [6, 6.07) is 1.89. The van der Waals surface area contributed by atoms with Crippen LogP contribution in [0.2, 0.25) is 0 Å². The van der Waals surface area contributed by atoms with Crippen molar-refractivity contribution >= 4 is 23.5 Å². The third kappa shape index (κ3) is 3.74. The maximum atomic E-state index is 12.2. The Hall–Kier alpha value is -1.02. The Kier molecular flexibility index (Phi) is 6.20. The lowest BCUT2D eigenvalue weighted by Gasteiger charge is -2.28. The summed E-state index contributed by atoms with van der Waals surface area (Å²) in [5.74, 6) is -0.0451. The molecule has 0 radical (unpaired) electrons. The number of Topliss-reactive ketones (excluding diaryl/α,β-unsaturated/α-hetero) is 1. The molecule has 0 aromatic rings. The molecule has 0 spiro atoms. The second-order valence-electron chi connectivity index (χ2n) is 4.59. The molecular formula is C13H20N2O2S. The first-order valence-corrected chi connectivity index (χ1v) is 7.57. The van der Waals surface area contributed by atoms with E-state index < -0.39 is 5.92 Å². The molecule has 4 nitrogen and oxygen atoms in total. The van der Waals surface area contributed by atoms with E-state index >= 15 is 0 Å². The molecule has 1 heterocycles. The molecule has 1 aliphatic heterocycles. The van der Waals surface area contributed by atoms with Crippen LogP contribution in [0.5, 0.6) is 0 Å². The minimum Gasteiger partial charge on any atom is -0.340 e. The smallest absolute Gasteiger partial charge is 0.247 e. The molecule has 0 bridgehead atoms. The third-order valence-electron chi connectivity index (χ3n) is 3.19. The van der Waals surface area contributed by atoms with Gasteiger partial charge < -0.3 is 4.90 Å². The number of nitrogens with zero attached hydrogens (tertiary/aromatic N) is 2. The van der Waals surface area contributed by atoms with Gasteiger partial charge in [0.1, 0.15) is 0 Å². The monoisotopic (exact) mass is 268 g/mol. The van der Waals surface area contributed by atoms with Crippen molar-refractivity contribution < 1.29 is 9.59 Å². The molecule has 0 aromatic heterocycles. The van der Waals surface area contributed by atoms with Gasteiger partial charge >= 0.3 is 0 Å². The number of carbonyl (C=O) groups is 2. The van der Waals surface area contributed by atoms with Crippen molar-refractivity contribution in [3.05, 3.63) is 0 Å². The number of rotatable bonds is 5. The minimum atomic E-state index is -1.10. The Labute approximate surface area is 113 Å². The predicted molar refractivity (Wildman–Crippen MR) is 72.1 cm³/mol. The highest BCUT2D eigenvalue weighted by Crippen LogP contribution is 2.17. The first-order chi connectivity index (χ1) is 8.61. The molecule has 0 aliphatic carbocycles. The van der Waals surface area contributed by atoms with Crippen LogP contribution in [0, 0.1) is 23.2 Å². The third-order valence-corrected chi connectivity index (χ3v) is 4.13. The van der Waals surface area contributed by atoms with Gasteiger partial charge in [0.2, 0.25) is 5.91 Å². The summed E-state index contributed by atoms with van der Waals surface area (Å²) < 4.78 is 0. The Morgan fingerprint density at radius 3 is 2.50 bits per heavy atom. The first kappa shape index (κ1) is 15.0. The lowest BCUT2D eigenvalue weighted by atomic mass is 9.91. The maximum absolute atomic E-state index is 12.2. The fourth-order valence-electron chi connectivity index (χ4n) is 2.07. The Balaban J connectivity index is 2.67. The fourth-order valence-corrected chi connectivity index (χ4v) is 2.97. The van der Waals surface area contributed by atoms with Crippen molar-refractivity contribution in [1.29, 1.82) is 5.26 Å². The number of carbonyl (C=O) groups excluding carboxylic acids is 2. The predicted octanol–water partition coefficient (Wildman–Crippen LogP) is 1.71. The van der Waals surface area contributed by atoms with E-state index in [0.29, 0.717) is 13.1 Å². The highest BCUT2D eigenvalue weighted by atomic mass is 32.2. The second kappa shape index (κ2) is 7.42. The molecular weight excluding hydrogens is 248 g/mol. The number of thioether (sulfide) groups is 1. The van der Waals surface area contributed by atoms with E-state index in [2.05, 4.69) is 0 Å². The largest absolute Gasteiger partial charge is 0.340 e. The maximum Gasteiger partial charge on any atom is 0.247 e. The van der Waals surface area contributed by atoms with Crippen molar-refractivity contribution in [3.63, 3.8) is 0 Å². The highest BCUT2D eigenvalue weighted by Gasteiger charge is 2.33. The van der Waals surface area contributed by atoms with Crippen molar-refractivity contribution in [1.82, 2.24) is 4.90 Å². The van der Waals surface area contributed by atoms with Crippen LogP contribution in [-0.4, -0.2) is 41.2 Å². The van der Waals surface area contributed by atoms with Gasteiger partial charge in [0, 0.05) is 30.5 Å². The van der Waals surface area contributed by atoms with Crippen LogP contribution in [0.4, 0.5) is 0 Å². The number of ketones is 1. The topological polar surface area (TPSA) is 61.2 Å². The number of nitriles is 1.